The molecular weight excluding hydrogens is 290 g/mol. The molecular formula is C15H18ClN3O2. The molecule has 0 fully saturated rings. The number of rotatable bonds is 5. The highest BCUT2D eigenvalue weighted by Gasteiger charge is 2.19. The molecule has 0 amide bonds. The highest BCUT2D eigenvalue weighted by Crippen LogP contribution is 2.24. The minimum absolute atomic E-state index is 0.111. The molecule has 1 aromatic carbocycles. The zero-order valence-corrected chi connectivity index (χ0v) is 13.0. The van der Waals surface area contributed by atoms with Gasteiger partial charge in [-0.15, -0.1) is 0 Å². The molecule has 6 heteroatoms. The van der Waals surface area contributed by atoms with Gasteiger partial charge in [-0.05, 0) is 31.7 Å². The Bertz CT molecular complexity index is 654. The fourth-order valence-electron chi connectivity index (χ4n) is 2.22. The summed E-state index contributed by atoms with van der Waals surface area (Å²) in [6.45, 7) is 2.55. The first-order chi connectivity index (χ1) is 9.90. The summed E-state index contributed by atoms with van der Waals surface area (Å²) in [4.78, 5) is 13.3. The Kier molecular flexibility index (Phi) is 4.65. The summed E-state index contributed by atoms with van der Waals surface area (Å²) in [5.74, 6) is -0.957. The molecule has 0 aliphatic carbocycles. The van der Waals surface area contributed by atoms with Crippen LogP contribution in [0.3, 0.4) is 0 Å². The predicted molar refractivity (Wildman–Crippen MR) is 81.5 cm³/mol. The third-order valence-electron chi connectivity index (χ3n) is 3.68. The molecule has 2 rings (SSSR count). The van der Waals surface area contributed by atoms with Gasteiger partial charge in [0, 0.05) is 24.7 Å². The number of aryl methyl sites for hydroxylation is 1. The number of benzene rings is 1. The number of aromatic carboxylic acids is 1. The number of aromatic nitrogens is 2. The first-order valence-corrected chi connectivity index (χ1v) is 6.97. The number of nitrogens with zero attached hydrogens (tertiary/aromatic N) is 3. The van der Waals surface area contributed by atoms with E-state index in [4.69, 9.17) is 11.6 Å². The Morgan fingerprint density at radius 2 is 2.24 bits per heavy atom. The lowest BCUT2D eigenvalue weighted by Gasteiger charge is -2.25. The minimum Gasteiger partial charge on any atom is -0.478 e. The lowest BCUT2D eigenvalue weighted by Crippen LogP contribution is -2.24. The number of carboxylic acids is 1. The molecule has 0 saturated carbocycles. The van der Waals surface area contributed by atoms with Crippen molar-refractivity contribution in [2.45, 2.75) is 19.5 Å². The van der Waals surface area contributed by atoms with E-state index in [0.29, 0.717) is 17.3 Å². The molecule has 0 spiro atoms. The maximum Gasteiger partial charge on any atom is 0.339 e. The van der Waals surface area contributed by atoms with E-state index in [1.54, 1.807) is 11.7 Å². The second kappa shape index (κ2) is 6.28. The fourth-order valence-corrected chi connectivity index (χ4v) is 2.42. The Labute approximate surface area is 128 Å². The number of hydrogen-bond donors (Lipinski definition) is 1. The highest BCUT2D eigenvalue weighted by molar-refractivity contribution is 6.30. The minimum atomic E-state index is -0.957. The maximum absolute atomic E-state index is 11.2. The third kappa shape index (κ3) is 3.43. The van der Waals surface area contributed by atoms with E-state index in [2.05, 4.69) is 16.9 Å². The van der Waals surface area contributed by atoms with Gasteiger partial charge in [0.1, 0.15) is 5.56 Å². The maximum atomic E-state index is 11.2. The van der Waals surface area contributed by atoms with Crippen LogP contribution in [0.2, 0.25) is 5.02 Å². The van der Waals surface area contributed by atoms with Crippen LogP contribution in [-0.4, -0.2) is 32.8 Å². The molecule has 5 nitrogen and oxygen atoms in total. The smallest absolute Gasteiger partial charge is 0.339 e. The lowest BCUT2D eigenvalue weighted by atomic mass is 10.1. The van der Waals surface area contributed by atoms with Gasteiger partial charge < -0.3 is 5.11 Å². The van der Waals surface area contributed by atoms with Crippen molar-refractivity contribution >= 4 is 17.6 Å². The van der Waals surface area contributed by atoms with E-state index in [1.165, 1.54) is 6.20 Å². The Hall–Kier alpha value is -1.85. The van der Waals surface area contributed by atoms with Crippen LogP contribution in [0, 0.1) is 0 Å². The quantitative estimate of drug-likeness (QED) is 0.922. The number of halogens is 1. The van der Waals surface area contributed by atoms with Crippen LogP contribution >= 0.6 is 11.6 Å². The van der Waals surface area contributed by atoms with Crippen LogP contribution in [-0.2, 0) is 13.6 Å². The van der Waals surface area contributed by atoms with Crippen LogP contribution in [0.15, 0.2) is 30.5 Å². The Morgan fingerprint density at radius 3 is 2.86 bits per heavy atom. The van der Waals surface area contributed by atoms with E-state index in [9.17, 15) is 9.90 Å². The summed E-state index contributed by atoms with van der Waals surface area (Å²) in [7, 11) is 3.70. The van der Waals surface area contributed by atoms with Crippen molar-refractivity contribution in [3.05, 3.63) is 52.3 Å². The zero-order chi connectivity index (χ0) is 15.6. The summed E-state index contributed by atoms with van der Waals surface area (Å²) >= 11 is 6.02. The average molecular weight is 308 g/mol. The fraction of sp³-hybridized carbons (Fsp3) is 0.333. The van der Waals surface area contributed by atoms with E-state index < -0.39 is 5.97 Å². The molecule has 0 aliphatic rings. The van der Waals surface area contributed by atoms with Crippen LogP contribution in [0.5, 0.6) is 0 Å². The Balaban J connectivity index is 2.20. The Morgan fingerprint density at radius 1 is 1.52 bits per heavy atom. The molecule has 0 saturated heterocycles. The van der Waals surface area contributed by atoms with Gasteiger partial charge in [0.05, 0.1) is 11.9 Å². The van der Waals surface area contributed by atoms with Crippen molar-refractivity contribution in [2.75, 3.05) is 7.05 Å². The van der Waals surface area contributed by atoms with Gasteiger partial charge in [0.25, 0.3) is 0 Å². The molecule has 2 aromatic rings. The van der Waals surface area contributed by atoms with Crippen molar-refractivity contribution < 1.29 is 9.90 Å². The first kappa shape index (κ1) is 15.5. The predicted octanol–water partition coefficient (Wildman–Crippen LogP) is 2.96. The summed E-state index contributed by atoms with van der Waals surface area (Å²) in [5.41, 5.74) is 2.01. The highest BCUT2D eigenvalue weighted by atomic mass is 35.5. The molecule has 1 heterocycles. The van der Waals surface area contributed by atoms with Crippen LogP contribution in [0.25, 0.3) is 0 Å². The second-order valence-corrected chi connectivity index (χ2v) is 5.52. The molecule has 0 bridgehead atoms. The van der Waals surface area contributed by atoms with Gasteiger partial charge in [-0.3, -0.25) is 9.58 Å². The summed E-state index contributed by atoms with van der Waals surface area (Å²) in [6.07, 6.45) is 1.38. The van der Waals surface area contributed by atoms with Gasteiger partial charge in [-0.1, -0.05) is 23.7 Å². The van der Waals surface area contributed by atoms with Gasteiger partial charge in [-0.25, -0.2) is 4.79 Å². The second-order valence-electron chi connectivity index (χ2n) is 5.08. The van der Waals surface area contributed by atoms with E-state index in [-0.39, 0.29) is 11.6 Å². The average Bonchev–Trinajstić information content (AvgIpc) is 2.79. The monoisotopic (exact) mass is 307 g/mol. The summed E-state index contributed by atoms with van der Waals surface area (Å²) in [6, 6.07) is 7.79. The summed E-state index contributed by atoms with van der Waals surface area (Å²) < 4.78 is 1.60. The number of carboxylic acid groups (broad SMARTS) is 1. The van der Waals surface area contributed by atoms with Gasteiger partial charge in [0.2, 0.25) is 0 Å². The molecule has 1 unspecified atom stereocenters. The van der Waals surface area contributed by atoms with E-state index >= 15 is 0 Å². The lowest BCUT2D eigenvalue weighted by molar-refractivity contribution is 0.0694. The molecule has 1 atom stereocenters. The van der Waals surface area contributed by atoms with Crippen molar-refractivity contribution in [3.63, 3.8) is 0 Å². The van der Waals surface area contributed by atoms with Gasteiger partial charge in [0.15, 0.2) is 0 Å². The number of carbonyl (C=O) groups is 1. The van der Waals surface area contributed by atoms with Crippen LogP contribution < -0.4 is 0 Å². The van der Waals surface area contributed by atoms with Crippen molar-refractivity contribution in [2.24, 2.45) is 7.05 Å². The molecule has 21 heavy (non-hydrogen) atoms. The molecule has 0 aliphatic heterocycles. The largest absolute Gasteiger partial charge is 0.478 e. The van der Waals surface area contributed by atoms with E-state index in [0.717, 1.165) is 5.56 Å². The SMILES string of the molecule is CC(c1cccc(Cl)c1)N(C)Cc1c(C(=O)O)cnn1C. The molecule has 1 N–H and O–H groups in total. The zero-order valence-electron chi connectivity index (χ0n) is 12.2. The topological polar surface area (TPSA) is 58.4 Å². The normalized spacial score (nSPS) is 12.6. The molecule has 112 valence electrons. The van der Waals surface area contributed by atoms with Crippen LogP contribution in [0.1, 0.15) is 34.6 Å². The third-order valence-corrected chi connectivity index (χ3v) is 3.92. The van der Waals surface area contributed by atoms with E-state index in [1.807, 2.05) is 31.3 Å². The number of hydrogen-bond acceptors (Lipinski definition) is 3. The standard InChI is InChI=1S/C15H18ClN3O2/c1-10(11-5-4-6-12(16)7-11)18(2)9-14-13(15(20)21)8-17-19(14)3/h4-8,10H,9H2,1-3H3,(H,20,21). The van der Waals surface area contributed by atoms with Crippen molar-refractivity contribution in [3.8, 4) is 0 Å². The van der Waals surface area contributed by atoms with Gasteiger partial charge >= 0.3 is 5.97 Å². The van der Waals surface area contributed by atoms with Gasteiger partial charge in [-0.2, -0.15) is 5.10 Å². The first-order valence-electron chi connectivity index (χ1n) is 6.60. The van der Waals surface area contributed by atoms with Crippen LogP contribution in [0.4, 0.5) is 0 Å². The summed E-state index contributed by atoms with van der Waals surface area (Å²) in [5, 5.41) is 13.9. The molecule has 0 radical (unpaired) electrons. The van der Waals surface area contributed by atoms with Crippen molar-refractivity contribution in [1.29, 1.82) is 0 Å². The van der Waals surface area contributed by atoms with Crippen molar-refractivity contribution in [1.82, 2.24) is 14.7 Å². The molecule has 1 aromatic heterocycles.